The number of anilines is 1. The van der Waals surface area contributed by atoms with Gasteiger partial charge in [-0.25, -0.2) is 4.98 Å². The summed E-state index contributed by atoms with van der Waals surface area (Å²) in [6.07, 6.45) is 10.5. The van der Waals surface area contributed by atoms with E-state index in [9.17, 15) is 4.79 Å². The standard InChI is InChI=1S/C25H31N5O2S/c31-24(27-12-15-30-13-4-5-14-30)22-16-20(10-11-26-22)32-19-8-9-21-23(17-19)33-25(29-21)28-18-6-2-1-3-7-18/h8-11,16-18H,1-7,12-15H2,(H,27,31)(H,28,29). The van der Waals surface area contributed by atoms with Crippen molar-refractivity contribution >= 4 is 32.6 Å². The number of nitrogens with zero attached hydrogens (tertiary/aromatic N) is 3. The fraction of sp³-hybridized carbons (Fsp3) is 0.480. The van der Waals surface area contributed by atoms with E-state index in [0.717, 1.165) is 40.7 Å². The Kier molecular flexibility index (Phi) is 7.02. The topological polar surface area (TPSA) is 79.4 Å². The summed E-state index contributed by atoms with van der Waals surface area (Å²) in [6, 6.07) is 9.91. The van der Waals surface area contributed by atoms with E-state index < -0.39 is 0 Å². The average Bonchev–Trinajstić information content (AvgIpc) is 3.49. The smallest absolute Gasteiger partial charge is 0.270 e. The third-order valence-electron chi connectivity index (χ3n) is 6.40. The summed E-state index contributed by atoms with van der Waals surface area (Å²) in [5, 5.41) is 7.55. The molecule has 7 nitrogen and oxygen atoms in total. The second-order valence-corrected chi connectivity index (χ2v) is 9.94. The summed E-state index contributed by atoms with van der Waals surface area (Å²) in [6.45, 7) is 3.76. The van der Waals surface area contributed by atoms with Crippen molar-refractivity contribution in [2.45, 2.75) is 51.0 Å². The van der Waals surface area contributed by atoms with Crippen LogP contribution in [0.5, 0.6) is 11.5 Å². The largest absolute Gasteiger partial charge is 0.457 e. The fourth-order valence-corrected chi connectivity index (χ4v) is 5.58. The van der Waals surface area contributed by atoms with Crippen LogP contribution in [0.1, 0.15) is 55.4 Å². The van der Waals surface area contributed by atoms with Gasteiger partial charge in [-0.2, -0.15) is 0 Å². The van der Waals surface area contributed by atoms with Gasteiger partial charge in [0.05, 0.1) is 10.2 Å². The third-order valence-corrected chi connectivity index (χ3v) is 7.35. The molecule has 8 heteroatoms. The molecule has 174 valence electrons. The molecule has 2 aliphatic rings. The van der Waals surface area contributed by atoms with Crippen molar-refractivity contribution < 1.29 is 9.53 Å². The number of nitrogens with one attached hydrogen (secondary N) is 2. The highest BCUT2D eigenvalue weighted by Gasteiger charge is 2.16. The van der Waals surface area contributed by atoms with Gasteiger partial charge in [0.1, 0.15) is 17.2 Å². The number of likely N-dealkylation sites (tertiary alicyclic amines) is 1. The number of pyridine rings is 1. The van der Waals surface area contributed by atoms with Crippen LogP contribution in [0, 0.1) is 0 Å². The molecule has 1 aliphatic carbocycles. The number of amides is 1. The molecule has 1 saturated heterocycles. The zero-order valence-corrected chi connectivity index (χ0v) is 19.7. The van der Waals surface area contributed by atoms with Gasteiger partial charge in [-0.15, -0.1) is 0 Å². The monoisotopic (exact) mass is 465 g/mol. The minimum Gasteiger partial charge on any atom is -0.457 e. The number of aromatic nitrogens is 2. The fourth-order valence-electron chi connectivity index (χ4n) is 4.61. The zero-order chi connectivity index (χ0) is 22.5. The summed E-state index contributed by atoms with van der Waals surface area (Å²) in [5.41, 5.74) is 1.34. The van der Waals surface area contributed by atoms with E-state index in [4.69, 9.17) is 9.72 Å². The van der Waals surface area contributed by atoms with Crippen LogP contribution in [0.15, 0.2) is 36.5 Å². The van der Waals surface area contributed by atoms with Gasteiger partial charge in [0.15, 0.2) is 5.13 Å². The molecule has 5 rings (SSSR count). The summed E-state index contributed by atoms with van der Waals surface area (Å²) < 4.78 is 7.14. The molecule has 2 N–H and O–H groups in total. The molecule has 0 spiro atoms. The normalized spacial score (nSPS) is 17.3. The molecule has 3 aromatic rings. The summed E-state index contributed by atoms with van der Waals surface area (Å²) in [4.78, 5) is 23.8. The maximum absolute atomic E-state index is 12.5. The molecule has 1 amide bonds. The quantitative estimate of drug-likeness (QED) is 0.484. The first-order chi connectivity index (χ1) is 16.2. The van der Waals surface area contributed by atoms with Crippen molar-refractivity contribution in [2.75, 3.05) is 31.5 Å². The van der Waals surface area contributed by atoms with Crippen molar-refractivity contribution in [3.63, 3.8) is 0 Å². The van der Waals surface area contributed by atoms with Crippen LogP contribution in [0.3, 0.4) is 0 Å². The number of carbonyl (C=O) groups is 1. The first-order valence-electron chi connectivity index (χ1n) is 12.0. The molecular formula is C25H31N5O2S. The van der Waals surface area contributed by atoms with Crippen LogP contribution in [0.2, 0.25) is 0 Å². The number of carbonyl (C=O) groups excluding carboxylic acids is 1. The number of hydrogen-bond donors (Lipinski definition) is 2. The van der Waals surface area contributed by atoms with Gasteiger partial charge in [-0.1, -0.05) is 30.6 Å². The average molecular weight is 466 g/mol. The molecule has 0 radical (unpaired) electrons. The van der Waals surface area contributed by atoms with Gasteiger partial charge in [0.25, 0.3) is 5.91 Å². The van der Waals surface area contributed by atoms with E-state index in [2.05, 4.69) is 20.5 Å². The first-order valence-corrected chi connectivity index (χ1v) is 12.9. The minimum atomic E-state index is -0.170. The molecule has 1 aliphatic heterocycles. The second-order valence-electron chi connectivity index (χ2n) is 8.91. The van der Waals surface area contributed by atoms with E-state index in [1.807, 2.05) is 18.2 Å². The molecule has 0 unspecified atom stereocenters. The van der Waals surface area contributed by atoms with E-state index in [-0.39, 0.29) is 5.91 Å². The summed E-state index contributed by atoms with van der Waals surface area (Å²) in [5.74, 6) is 1.15. The third kappa shape index (κ3) is 5.81. The Morgan fingerprint density at radius 1 is 1.06 bits per heavy atom. The Morgan fingerprint density at radius 3 is 2.73 bits per heavy atom. The Balaban J connectivity index is 1.20. The highest BCUT2D eigenvalue weighted by atomic mass is 32.1. The summed E-state index contributed by atoms with van der Waals surface area (Å²) in [7, 11) is 0. The number of thiazole rings is 1. The number of hydrogen-bond acceptors (Lipinski definition) is 7. The molecule has 2 aromatic heterocycles. The molecule has 1 aromatic carbocycles. The van der Waals surface area contributed by atoms with Crippen molar-refractivity contribution in [1.29, 1.82) is 0 Å². The molecule has 2 fully saturated rings. The predicted molar refractivity (Wildman–Crippen MR) is 132 cm³/mol. The van der Waals surface area contributed by atoms with Crippen molar-refractivity contribution in [3.8, 4) is 11.5 Å². The summed E-state index contributed by atoms with van der Waals surface area (Å²) >= 11 is 1.66. The van der Waals surface area contributed by atoms with Gasteiger partial charge < -0.3 is 20.3 Å². The Morgan fingerprint density at radius 2 is 1.88 bits per heavy atom. The van der Waals surface area contributed by atoms with Gasteiger partial charge in [0, 0.05) is 37.5 Å². The van der Waals surface area contributed by atoms with Crippen LogP contribution in [-0.2, 0) is 0 Å². The van der Waals surface area contributed by atoms with Gasteiger partial charge in [-0.05, 0) is 57.0 Å². The van der Waals surface area contributed by atoms with Gasteiger partial charge >= 0.3 is 0 Å². The highest BCUT2D eigenvalue weighted by molar-refractivity contribution is 7.22. The molecular weight excluding hydrogens is 434 g/mol. The number of ether oxygens (including phenoxy) is 1. The predicted octanol–water partition coefficient (Wildman–Crippen LogP) is 5.05. The van der Waals surface area contributed by atoms with Crippen molar-refractivity contribution in [2.24, 2.45) is 0 Å². The maximum Gasteiger partial charge on any atom is 0.270 e. The molecule has 0 atom stereocenters. The van der Waals surface area contributed by atoms with E-state index in [1.165, 1.54) is 44.9 Å². The SMILES string of the molecule is O=C(NCCN1CCCC1)c1cc(Oc2ccc3nc(NC4CCCCC4)sc3c2)ccn1. The van der Waals surface area contributed by atoms with Crippen LogP contribution >= 0.6 is 11.3 Å². The van der Waals surface area contributed by atoms with Crippen LogP contribution in [0.25, 0.3) is 10.2 Å². The molecule has 3 heterocycles. The highest BCUT2D eigenvalue weighted by Crippen LogP contribution is 2.32. The zero-order valence-electron chi connectivity index (χ0n) is 18.9. The lowest BCUT2D eigenvalue weighted by atomic mass is 9.96. The van der Waals surface area contributed by atoms with Crippen molar-refractivity contribution in [1.82, 2.24) is 20.2 Å². The lowest BCUT2D eigenvalue weighted by molar-refractivity contribution is 0.0944. The van der Waals surface area contributed by atoms with Gasteiger partial charge in [-0.3, -0.25) is 9.78 Å². The lowest BCUT2D eigenvalue weighted by Crippen LogP contribution is -2.33. The van der Waals surface area contributed by atoms with Gasteiger partial charge in [0.2, 0.25) is 0 Å². The minimum absolute atomic E-state index is 0.170. The Hall–Kier alpha value is -2.71. The molecule has 33 heavy (non-hydrogen) atoms. The van der Waals surface area contributed by atoms with E-state index >= 15 is 0 Å². The molecule has 0 bridgehead atoms. The number of benzene rings is 1. The maximum atomic E-state index is 12.5. The number of rotatable bonds is 8. The first kappa shape index (κ1) is 22.1. The number of fused-ring (bicyclic) bond motifs is 1. The lowest BCUT2D eigenvalue weighted by Gasteiger charge is -2.22. The van der Waals surface area contributed by atoms with Crippen LogP contribution < -0.4 is 15.4 Å². The van der Waals surface area contributed by atoms with Crippen LogP contribution in [-0.4, -0.2) is 53.0 Å². The van der Waals surface area contributed by atoms with E-state index in [0.29, 0.717) is 24.0 Å². The van der Waals surface area contributed by atoms with Crippen molar-refractivity contribution in [3.05, 3.63) is 42.2 Å². The Bertz CT molecular complexity index is 1090. The van der Waals surface area contributed by atoms with Crippen LogP contribution in [0.4, 0.5) is 5.13 Å². The van der Waals surface area contributed by atoms with E-state index in [1.54, 1.807) is 29.7 Å². The second kappa shape index (κ2) is 10.5. The molecule has 1 saturated carbocycles. The Labute approximate surface area is 198 Å².